The fraction of sp³-hybridized carbons (Fsp3) is 0.0952. The average Bonchev–Trinajstić information content (AvgIpc) is 2.70. The van der Waals surface area contributed by atoms with Crippen molar-refractivity contribution in [2.45, 2.75) is 13.5 Å². The Morgan fingerprint density at radius 2 is 1.62 bits per heavy atom. The molecule has 2 heterocycles. The second-order valence-corrected chi connectivity index (χ2v) is 6.16. The third-order valence-corrected chi connectivity index (χ3v) is 4.42. The number of fused-ring (bicyclic) bond motifs is 1. The van der Waals surface area contributed by atoms with Crippen LogP contribution >= 0.6 is 0 Å². The van der Waals surface area contributed by atoms with Crippen LogP contribution in [0.2, 0.25) is 0 Å². The summed E-state index contributed by atoms with van der Waals surface area (Å²) >= 11 is 0. The van der Waals surface area contributed by atoms with Gasteiger partial charge in [0.2, 0.25) is 0 Å². The molecule has 5 nitrogen and oxygen atoms in total. The van der Waals surface area contributed by atoms with Crippen molar-refractivity contribution in [2.75, 3.05) is 0 Å². The lowest BCUT2D eigenvalue weighted by atomic mass is 10.1. The zero-order valence-corrected chi connectivity index (χ0v) is 14.3. The molecule has 0 unspecified atom stereocenters. The van der Waals surface area contributed by atoms with Crippen LogP contribution in [0.3, 0.4) is 0 Å². The molecule has 2 aromatic heterocycles. The Bertz CT molecular complexity index is 1140. The van der Waals surface area contributed by atoms with E-state index in [2.05, 4.69) is 5.10 Å². The molecule has 0 spiro atoms. The molecule has 0 bridgehead atoms. The fourth-order valence-electron chi connectivity index (χ4n) is 3.01. The molecule has 0 aliphatic rings. The van der Waals surface area contributed by atoms with Gasteiger partial charge in [-0.15, -0.1) is 0 Å². The molecular formula is C21H17N3O2. The van der Waals surface area contributed by atoms with Gasteiger partial charge in [-0.1, -0.05) is 70.3 Å². The Morgan fingerprint density at radius 1 is 0.962 bits per heavy atom. The summed E-state index contributed by atoms with van der Waals surface area (Å²) in [5, 5.41) is 17.2. The van der Waals surface area contributed by atoms with Crippen molar-refractivity contribution in [3.63, 3.8) is 0 Å². The van der Waals surface area contributed by atoms with E-state index in [0.717, 1.165) is 11.1 Å². The number of nitrogens with zero attached hydrogens (tertiary/aromatic N) is 3. The van der Waals surface area contributed by atoms with Gasteiger partial charge < -0.3 is 5.11 Å². The molecule has 4 rings (SSSR count). The minimum absolute atomic E-state index is 0.163. The summed E-state index contributed by atoms with van der Waals surface area (Å²) in [5.74, 6) is -0.284. The summed E-state index contributed by atoms with van der Waals surface area (Å²) < 4.78 is 2.91. The van der Waals surface area contributed by atoms with E-state index in [1.54, 1.807) is 17.6 Å². The second kappa shape index (κ2) is 6.44. The summed E-state index contributed by atoms with van der Waals surface area (Å²) in [4.78, 5) is 12.6. The monoisotopic (exact) mass is 343 g/mol. The molecule has 0 N–H and O–H groups in total. The topological polar surface area (TPSA) is 61.3 Å². The van der Waals surface area contributed by atoms with Crippen molar-refractivity contribution < 1.29 is 9.67 Å². The molecule has 4 aromatic rings. The van der Waals surface area contributed by atoms with Gasteiger partial charge in [0.05, 0.1) is 11.4 Å². The van der Waals surface area contributed by atoms with Crippen LogP contribution in [0.15, 0.2) is 77.6 Å². The maximum absolute atomic E-state index is 12.7. The van der Waals surface area contributed by atoms with Crippen LogP contribution in [0.1, 0.15) is 11.1 Å². The summed E-state index contributed by atoms with van der Waals surface area (Å²) in [6.07, 6.45) is 0. The van der Waals surface area contributed by atoms with Crippen molar-refractivity contribution in [3.8, 4) is 17.1 Å². The van der Waals surface area contributed by atoms with Gasteiger partial charge in [0, 0.05) is 11.6 Å². The summed E-state index contributed by atoms with van der Waals surface area (Å²) in [7, 11) is 0. The van der Waals surface area contributed by atoms with Crippen molar-refractivity contribution >= 4 is 5.65 Å². The highest BCUT2D eigenvalue weighted by atomic mass is 16.3. The van der Waals surface area contributed by atoms with Gasteiger partial charge in [-0.2, -0.15) is 0 Å². The molecule has 0 saturated carbocycles. The Balaban J connectivity index is 1.94. The summed E-state index contributed by atoms with van der Waals surface area (Å²) in [5.41, 5.74) is 2.85. The molecule has 0 amide bonds. The van der Waals surface area contributed by atoms with Gasteiger partial charge in [0.15, 0.2) is 0 Å². The van der Waals surface area contributed by atoms with Gasteiger partial charge in [-0.25, -0.2) is 9.36 Å². The van der Waals surface area contributed by atoms with Crippen LogP contribution < -0.4 is 15.2 Å². The third-order valence-electron chi connectivity index (χ3n) is 4.42. The largest absolute Gasteiger partial charge is 0.842 e. The molecule has 0 fully saturated rings. The number of rotatable bonds is 3. The minimum Gasteiger partial charge on any atom is -0.842 e. The Labute approximate surface area is 150 Å². The lowest BCUT2D eigenvalue weighted by Crippen LogP contribution is -2.45. The predicted molar refractivity (Wildman–Crippen MR) is 96.8 cm³/mol. The molecule has 0 atom stereocenters. The zero-order valence-electron chi connectivity index (χ0n) is 14.3. The van der Waals surface area contributed by atoms with E-state index >= 15 is 0 Å². The third kappa shape index (κ3) is 2.73. The standard InChI is InChI=1S/C21H17N3O2/c1-15-20(25)23(14-16-8-4-2-5-9-16)19-13-12-18(22-24(19)21(15)26)17-10-6-3-7-11-17/h2-13H,14H2,1H3. The lowest BCUT2D eigenvalue weighted by molar-refractivity contribution is -0.709. The van der Waals surface area contributed by atoms with Gasteiger partial charge >= 0.3 is 11.2 Å². The molecule has 0 radical (unpaired) electrons. The maximum atomic E-state index is 12.7. The first-order valence-corrected chi connectivity index (χ1v) is 8.38. The van der Waals surface area contributed by atoms with E-state index in [4.69, 9.17) is 0 Å². The molecule has 0 saturated heterocycles. The first-order chi connectivity index (χ1) is 12.6. The quantitative estimate of drug-likeness (QED) is 0.535. The smallest absolute Gasteiger partial charge is 0.365 e. The zero-order chi connectivity index (χ0) is 18.1. The number of aromatic nitrogens is 3. The number of hydrogen-bond acceptors (Lipinski definition) is 3. The van der Waals surface area contributed by atoms with Crippen LogP contribution in [-0.4, -0.2) is 9.61 Å². The van der Waals surface area contributed by atoms with Gasteiger partial charge in [0.25, 0.3) is 0 Å². The highest BCUT2D eigenvalue weighted by Gasteiger charge is 2.18. The molecule has 0 aliphatic carbocycles. The van der Waals surface area contributed by atoms with Crippen LogP contribution in [0.25, 0.3) is 16.9 Å². The predicted octanol–water partition coefficient (Wildman–Crippen LogP) is 2.08. The SMILES string of the molecule is Cc1c([O-])[n+](Cc2ccccc2)c2ccc(-c3ccccc3)nn2c1=O. The van der Waals surface area contributed by atoms with Crippen molar-refractivity contribution in [3.05, 3.63) is 94.3 Å². The highest BCUT2D eigenvalue weighted by molar-refractivity contribution is 5.59. The van der Waals surface area contributed by atoms with E-state index < -0.39 is 0 Å². The normalized spacial score (nSPS) is 11.0. The highest BCUT2D eigenvalue weighted by Crippen LogP contribution is 2.16. The second-order valence-electron chi connectivity index (χ2n) is 6.16. The lowest BCUT2D eigenvalue weighted by Gasteiger charge is -2.15. The molecule has 128 valence electrons. The van der Waals surface area contributed by atoms with E-state index in [0.29, 0.717) is 17.9 Å². The molecule has 26 heavy (non-hydrogen) atoms. The summed E-state index contributed by atoms with van der Waals surface area (Å²) in [6.45, 7) is 1.94. The van der Waals surface area contributed by atoms with Crippen LogP contribution in [0.4, 0.5) is 0 Å². The average molecular weight is 343 g/mol. The van der Waals surface area contributed by atoms with E-state index in [9.17, 15) is 9.90 Å². The van der Waals surface area contributed by atoms with Crippen molar-refractivity contribution in [1.82, 2.24) is 9.61 Å². The number of benzene rings is 2. The Morgan fingerprint density at radius 3 is 2.31 bits per heavy atom. The minimum atomic E-state index is -0.382. The van der Waals surface area contributed by atoms with Crippen molar-refractivity contribution in [1.29, 1.82) is 0 Å². The molecule has 5 heteroatoms. The van der Waals surface area contributed by atoms with E-state index in [1.807, 2.05) is 66.7 Å². The van der Waals surface area contributed by atoms with Crippen molar-refractivity contribution in [2.24, 2.45) is 0 Å². The van der Waals surface area contributed by atoms with E-state index in [-0.39, 0.29) is 17.0 Å². The molecule has 0 aliphatic heterocycles. The van der Waals surface area contributed by atoms with Crippen LogP contribution in [0.5, 0.6) is 5.88 Å². The first-order valence-electron chi connectivity index (χ1n) is 8.38. The van der Waals surface area contributed by atoms with Gasteiger partial charge in [0.1, 0.15) is 12.2 Å². The van der Waals surface area contributed by atoms with E-state index in [1.165, 1.54) is 4.52 Å². The molecule has 2 aromatic carbocycles. The Kier molecular flexibility index (Phi) is 3.97. The van der Waals surface area contributed by atoms with Gasteiger partial charge in [-0.3, -0.25) is 0 Å². The summed E-state index contributed by atoms with van der Waals surface area (Å²) in [6, 6.07) is 22.9. The molecular weight excluding hydrogens is 326 g/mol. The number of hydrogen-bond donors (Lipinski definition) is 0. The van der Waals surface area contributed by atoms with Gasteiger partial charge in [-0.05, 0) is 18.6 Å². The van der Waals surface area contributed by atoms with Crippen LogP contribution in [-0.2, 0) is 6.54 Å². The van der Waals surface area contributed by atoms with Crippen LogP contribution in [0, 0.1) is 6.92 Å². The first kappa shape index (κ1) is 16.0. The fourth-order valence-corrected chi connectivity index (χ4v) is 3.01. The maximum Gasteiger partial charge on any atom is 0.365 e. The Hall–Kier alpha value is -3.47.